The lowest BCUT2D eigenvalue weighted by Gasteiger charge is -2.11. The van der Waals surface area contributed by atoms with Gasteiger partial charge in [0.1, 0.15) is 5.75 Å². The normalized spacial score (nSPS) is 13.3. The average Bonchev–Trinajstić information content (AvgIpc) is 3.40. The fourth-order valence-electron chi connectivity index (χ4n) is 2.27. The number of hydrogen-bond acceptors (Lipinski definition) is 3. The molecule has 1 aliphatic rings. The summed E-state index contributed by atoms with van der Waals surface area (Å²) in [5.74, 6) is 0.490. The van der Waals surface area contributed by atoms with Crippen LogP contribution in [0.3, 0.4) is 0 Å². The quantitative estimate of drug-likeness (QED) is 0.890. The van der Waals surface area contributed by atoms with Gasteiger partial charge in [0.05, 0.1) is 12.8 Å². The van der Waals surface area contributed by atoms with Gasteiger partial charge in [0, 0.05) is 17.2 Å². The predicted octanol–water partition coefficient (Wildman–Crippen LogP) is 3.30. The fraction of sp³-hybridized carbons (Fsp3) is 0.222. The van der Waals surface area contributed by atoms with E-state index < -0.39 is 0 Å². The summed E-state index contributed by atoms with van der Waals surface area (Å²) in [6.07, 6.45) is 1.89. The maximum atomic E-state index is 12.4. The molecule has 118 valence electrons. The lowest BCUT2D eigenvalue weighted by Crippen LogP contribution is -2.15. The van der Waals surface area contributed by atoms with Gasteiger partial charge >= 0.3 is 0 Å². The molecule has 1 aliphatic carbocycles. The van der Waals surface area contributed by atoms with Gasteiger partial charge in [0.25, 0.3) is 5.91 Å². The Morgan fingerprint density at radius 2 is 1.83 bits per heavy atom. The number of anilines is 2. The summed E-state index contributed by atoms with van der Waals surface area (Å²) in [7, 11) is 1.55. The minimum Gasteiger partial charge on any atom is -0.495 e. The van der Waals surface area contributed by atoms with Crippen LogP contribution < -0.4 is 15.4 Å². The molecule has 1 saturated carbocycles. The zero-order chi connectivity index (χ0) is 16.2. The Bertz CT molecular complexity index is 739. The first-order chi connectivity index (χ1) is 11.2. The van der Waals surface area contributed by atoms with Crippen LogP contribution in [0.2, 0.25) is 0 Å². The molecule has 0 radical (unpaired) electrons. The van der Waals surface area contributed by atoms with Crippen molar-refractivity contribution in [3.05, 3.63) is 54.1 Å². The minimum absolute atomic E-state index is 0.0206. The Hall–Kier alpha value is -2.82. The van der Waals surface area contributed by atoms with Crippen LogP contribution in [0.4, 0.5) is 11.4 Å². The highest BCUT2D eigenvalue weighted by molar-refractivity contribution is 6.06. The highest BCUT2D eigenvalue weighted by atomic mass is 16.5. The molecular weight excluding hydrogens is 292 g/mol. The second-order valence-corrected chi connectivity index (χ2v) is 5.50. The van der Waals surface area contributed by atoms with Crippen molar-refractivity contribution in [2.75, 3.05) is 17.7 Å². The number of hydrogen-bond donors (Lipinski definition) is 2. The summed E-state index contributed by atoms with van der Waals surface area (Å²) in [5, 5.41) is 5.66. The third-order valence-corrected chi connectivity index (χ3v) is 3.70. The number of methoxy groups -OCH3 is 1. The van der Waals surface area contributed by atoms with E-state index in [4.69, 9.17) is 4.74 Å². The lowest BCUT2D eigenvalue weighted by molar-refractivity contribution is -0.117. The maximum absolute atomic E-state index is 12.4. The van der Waals surface area contributed by atoms with Gasteiger partial charge in [0.15, 0.2) is 0 Å². The van der Waals surface area contributed by atoms with Crippen molar-refractivity contribution in [1.82, 2.24) is 0 Å². The van der Waals surface area contributed by atoms with Crippen LogP contribution in [0.15, 0.2) is 48.5 Å². The molecule has 0 saturated heterocycles. The first-order valence-corrected chi connectivity index (χ1v) is 7.52. The van der Waals surface area contributed by atoms with Crippen molar-refractivity contribution < 1.29 is 14.3 Å². The number of carbonyl (C=O) groups is 2. The number of rotatable bonds is 5. The molecule has 0 spiro atoms. The van der Waals surface area contributed by atoms with Gasteiger partial charge in [-0.3, -0.25) is 9.59 Å². The molecule has 0 atom stereocenters. The third-order valence-electron chi connectivity index (χ3n) is 3.70. The maximum Gasteiger partial charge on any atom is 0.255 e. The van der Waals surface area contributed by atoms with E-state index in [-0.39, 0.29) is 17.7 Å². The Morgan fingerprint density at radius 3 is 2.57 bits per heavy atom. The molecule has 23 heavy (non-hydrogen) atoms. The molecule has 0 heterocycles. The van der Waals surface area contributed by atoms with Gasteiger partial charge in [-0.1, -0.05) is 18.2 Å². The summed E-state index contributed by atoms with van der Waals surface area (Å²) in [6, 6.07) is 14.1. The molecule has 0 aliphatic heterocycles. The van der Waals surface area contributed by atoms with E-state index in [0.29, 0.717) is 22.7 Å². The van der Waals surface area contributed by atoms with Crippen LogP contribution in [0.25, 0.3) is 0 Å². The third kappa shape index (κ3) is 3.69. The van der Waals surface area contributed by atoms with Crippen LogP contribution in [0, 0.1) is 5.92 Å². The molecule has 0 aromatic heterocycles. The monoisotopic (exact) mass is 310 g/mol. The zero-order valence-electron chi connectivity index (χ0n) is 12.8. The lowest BCUT2D eigenvalue weighted by atomic mass is 10.1. The molecule has 3 rings (SSSR count). The molecule has 2 N–H and O–H groups in total. The number of nitrogens with one attached hydrogen (secondary N) is 2. The van der Waals surface area contributed by atoms with E-state index in [9.17, 15) is 9.59 Å². The molecule has 2 amide bonds. The average molecular weight is 310 g/mol. The van der Waals surface area contributed by atoms with Crippen LogP contribution in [-0.4, -0.2) is 18.9 Å². The second-order valence-electron chi connectivity index (χ2n) is 5.50. The van der Waals surface area contributed by atoms with Gasteiger partial charge in [-0.15, -0.1) is 0 Å². The largest absolute Gasteiger partial charge is 0.495 e. The standard InChI is InChI=1S/C18H18N2O3/c1-23-16-8-3-2-7-15(16)20-18(22)13-5-4-6-14(11-13)19-17(21)12-9-10-12/h2-8,11-12H,9-10H2,1H3,(H,19,21)(H,20,22). The van der Waals surface area contributed by atoms with Crippen molar-refractivity contribution in [3.63, 3.8) is 0 Å². The molecule has 1 fully saturated rings. The van der Waals surface area contributed by atoms with Crippen molar-refractivity contribution >= 4 is 23.2 Å². The predicted molar refractivity (Wildman–Crippen MR) is 88.7 cm³/mol. The van der Waals surface area contributed by atoms with E-state index >= 15 is 0 Å². The SMILES string of the molecule is COc1ccccc1NC(=O)c1cccc(NC(=O)C2CC2)c1. The first-order valence-electron chi connectivity index (χ1n) is 7.52. The van der Waals surface area contributed by atoms with Crippen LogP contribution in [0.5, 0.6) is 5.75 Å². The van der Waals surface area contributed by atoms with E-state index in [1.807, 2.05) is 12.1 Å². The van der Waals surface area contributed by atoms with Crippen molar-refractivity contribution in [2.45, 2.75) is 12.8 Å². The number of ether oxygens (including phenoxy) is 1. The Morgan fingerprint density at radius 1 is 1.04 bits per heavy atom. The Labute approximate surface area is 134 Å². The van der Waals surface area contributed by atoms with E-state index in [2.05, 4.69) is 10.6 Å². The topological polar surface area (TPSA) is 67.4 Å². The second kappa shape index (κ2) is 6.52. The van der Waals surface area contributed by atoms with Gasteiger partial charge in [-0.2, -0.15) is 0 Å². The molecule has 0 unspecified atom stereocenters. The Balaban J connectivity index is 1.73. The molecule has 5 nitrogen and oxygen atoms in total. The first kappa shape index (κ1) is 15.1. The van der Waals surface area contributed by atoms with Crippen LogP contribution >= 0.6 is 0 Å². The molecule has 2 aromatic rings. The van der Waals surface area contributed by atoms with Gasteiger partial charge in [-0.25, -0.2) is 0 Å². The van der Waals surface area contributed by atoms with Crippen molar-refractivity contribution in [1.29, 1.82) is 0 Å². The van der Waals surface area contributed by atoms with Crippen LogP contribution in [-0.2, 0) is 4.79 Å². The van der Waals surface area contributed by atoms with Crippen LogP contribution in [0.1, 0.15) is 23.2 Å². The van der Waals surface area contributed by atoms with E-state index in [1.165, 1.54) is 0 Å². The summed E-state index contributed by atoms with van der Waals surface area (Å²) in [4.78, 5) is 24.2. The zero-order valence-corrected chi connectivity index (χ0v) is 12.8. The molecule has 2 aromatic carbocycles. The van der Waals surface area contributed by atoms with Gasteiger partial charge in [-0.05, 0) is 43.2 Å². The number of carbonyl (C=O) groups excluding carboxylic acids is 2. The summed E-state index contributed by atoms with van der Waals surface area (Å²) >= 11 is 0. The molecular formula is C18H18N2O3. The molecule has 5 heteroatoms. The number of amides is 2. The van der Waals surface area contributed by atoms with Gasteiger partial charge < -0.3 is 15.4 Å². The fourth-order valence-corrected chi connectivity index (χ4v) is 2.27. The van der Waals surface area contributed by atoms with Crippen molar-refractivity contribution in [3.8, 4) is 5.75 Å². The van der Waals surface area contributed by atoms with Gasteiger partial charge in [0.2, 0.25) is 5.91 Å². The minimum atomic E-state index is -0.253. The summed E-state index contributed by atoms with van der Waals surface area (Å²) < 4.78 is 5.22. The molecule has 0 bridgehead atoms. The van der Waals surface area contributed by atoms with Crippen molar-refractivity contribution in [2.24, 2.45) is 5.92 Å². The number of benzene rings is 2. The summed E-state index contributed by atoms with van der Waals surface area (Å²) in [6.45, 7) is 0. The highest BCUT2D eigenvalue weighted by Crippen LogP contribution is 2.30. The summed E-state index contributed by atoms with van der Waals surface area (Å²) in [5.41, 5.74) is 1.71. The Kier molecular flexibility index (Phi) is 4.28. The smallest absolute Gasteiger partial charge is 0.255 e. The van der Waals surface area contributed by atoms with E-state index in [0.717, 1.165) is 12.8 Å². The number of para-hydroxylation sites is 2. The van der Waals surface area contributed by atoms with E-state index in [1.54, 1.807) is 43.5 Å². The highest BCUT2D eigenvalue weighted by Gasteiger charge is 2.29.